The second-order valence-corrected chi connectivity index (χ2v) is 16.6. The zero-order valence-electron chi connectivity index (χ0n) is 36.7. The Morgan fingerprint density at radius 1 is 0.514 bits per heavy atom. The van der Waals surface area contributed by atoms with Crippen LogP contribution in [-0.2, 0) is 44.4 Å². The van der Waals surface area contributed by atoms with Crippen LogP contribution in [-0.4, -0.2) is 47.3 Å². The van der Waals surface area contributed by atoms with Gasteiger partial charge in [-0.25, -0.2) is 0 Å². The Balaban J connectivity index is 1.32. The van der Waals surface area contributed by atoms with Crippen molar-refractivity contribution in [3.63, 3.8) is 0 Å². The summed E-state index contributed by atoms with van der Waals surface area (Å²) in [7, 11) is 0. The highest BCUT2D eigenvalue weighted by Crippen LogP contribution is 2.41. The van der Waals surface area contributed by atoms with E-state index < -0.39 is 92.2 Å². The molecule has 0 fully saturated rings. The van der Waals surface area contributed by atoms with Crippen molar-refractivity contribution in [2.24, 2.45) is 20.5 Å². The van der Waals surface area contributed by atoms with Gasteiger partial charge < -0.3 is 21.3 Å². The van der Waals surface area contributed by atoms with Crippen LogP contribution < -0.4 is 21.3 Å². The molecule has 0 aromatic heterocycles. The number of nitrogens with one attached hydrogen (secondary N) is 4. The number of hydrogen-bond acceptors (Lipinski definition) is 10. The third-order valence-electron chi connectivity index (χ3n) is 9.88. The number of ketones is 2. The minimum Gasteiger partial charge on any atom is -0.323 e. The summed E-state index contributed by atoms with van der Waals surface area (Å²) in [6.07, 6.45) is -9.25. The first kappa shape index (κ1) is 54.2. The van der Waals surface area contributed by atoms with Crippen LogP contribution in [0.4, 0.5) is 60.5 Å². The zero-order chi connectivity index (χ0) is 51.8. The van der Waals surface area contributed by atoms with Gasteiger partial charge in [0.05, 0.1) is 43.9 Å². The predicted octanol–water partition coefficient (Wildman–Crippen LogP) is 13.3. The third-order valence-corrected chi connectivity index (χ3v) is 10.9. The minimum absolute atomic E-state index is 0.0832. The van der Waals surface area contributed by atoms with Crippen molar-refractivity contribution in [1.29, 1.82) is 0 Å². The molecule has 5 rings (SSSR count). The van der Waals surface area contributed by atoms with Gasteiger partial charge in [0.1, 0.15) is 0 Å². The molecule has 0 radical (unpaired) electrons. The molecule has 70 heavy (non-hydrogen) atoms. The monoisotopic (exact) mass is 1050 g/mol. The number of hydrogen-bond donors (Lipinski definition) is 4. The lowest BCUT2D eigenvalue weighted by Crippen LogP contribution is -2.33. The van der Waals surface area contributed by atoms with Gasteiger partial charge in [-0.2, -0.15) is 46.8 Å². The number of rotatable bonds is 16. The van der Waals surface area contributed by atoms with Gasteiger partial charge in [-0.15, -0.1) is 0 Å². The van der Waals surface area contributed by atoms with Crippen molar-refractivity contribution in [3.05, 3.63) is 138 Å². The average Bonchev–Trinajstić information content (AvgIpc) is 3.25. The summed E-state index contributed by atoms with van der Waals surface area (Å²) in [6, 6.07) is 12.8. The lowest BCUT2D eigenvalue weighted by molar-refractivity contribution is -0.137. The molecule has 0 heterocycles. The first-order valence-electron chi connectivity index (χ1n) is 20.4. The Bertz CT molecular complexity index is 2770. The molecule has 0 spiro atoms. The van der Waals surface area contributed by atoms with Crippen LogP contribution in [0.5, 0.6) is 0 Å². The fraction of sp³-hybridized carbons (Fsp3) is 0.217. The molecule has 2 atom stereocenters. The summed E-state index contributed by atoms with van der Waals surface area (Å²) < 4.78 is 82.2. The minimum atomic E-state index is -4.90. The number of carbonyl (C=O) groups excluding carboxylic acids is 6. The molecule has 366 valence electrons. The normalized spacial score (nSPS) is 12.7. The van der Waals surface area contributed by atoms with Crippen LogP contribution in [0.15, 0.2) is 105 Å². The van der Waals surface area contributed by atoms with Gasteiger partial charge in [0.15, 0.2) is 11.6 Å². The molecule has 5 aromatic carbocycles. The second kappa shape index (κ2) is 22.8. The highest BCUT2D eigenvalue weighted by Gasteiger charge is 2.38. The number of benzene rings is 5. The van der Waals surface area contributed by atoms with Gasteiger partial charge in [0.25, 0.3) is 23.6 Å². The summed E-state index contributed by atoms with van der Waals surface area (Å²) in [5.74, 6) is -5.40. The fourth-order valence-electron chi connectivity index (χ4n) is 6.77. The van der Waals surface area contributed by atoms with Crippen molar-refractivity contribution in [3.8, 4) is 0 Å². The van der Waals surface area contributed by atoms with Gasteiger partial charge in [0, 0.05) is 32.5 Å². The van der Waals surface area contributed by atoms with E-state index in [1.54, 1.807) is 13.8 Å². The zero-order valence-corrected chi connectivity index (χ0v) is 39.7. The quantitative estimate of drug-likeness (QED) is 0.0430. The highest BCUT2D eigenvalue weighted by molar-refractivity contribution is 6.33. The van der Waals surface area contributed by atoms with Crippen LogP contribution in [0.2, 0.25) is 20.1 Å². The van der Waals surface area contributed by atoms with Crippen LogP contribution in [0.1, 0.15) is 70.7 Å². The van der Waals surface area contributed by atoms with Gasteiger partial charge in [-0.1, -0.05) is 72.4 Å². The Labute approximate surface area is 414 Å². The van der Waals surface area contributed by atoms with E-state index >= 15 is 0 Å². The lowest BCUT2D eigenvalue weighted by Gasteiger charge is -2.20. The number of alkyl halides is 6. The van der Waals surface area contributed by atoms with Crippen LogP contribution in [0.3, 0.4) is 0 Å². The van der Waals surface area contributed by atoms with Gasteiger partial charge in [-0.05, 0) is 111 Å². The summed E-state index contributed by atoms with van der Waals surface area (Å²) in [4.78, 5) is 78.7. The Kier molecular flexibility index (Phi) is 17.6. The first-order valence-corrected chi connectivity index (χ1v) is 21.9. The van der Waals surface area contributed by atoms with E-state index in [1.807, 2.05) is 0 Å². The van der Waals surface area contributed by atoms with Crippen LogP contribution >= 0.6 is 46.4 Å². The molecule has 2 unspecified atom stereocenters. The number of carbonyl (C=O) groups is 6. The topological polar surface area (TPSA) is 200 Å². The first-order chi connectivity index (χ1) is 32.8. The number of Topliss-reactive ketones (excluding diaryl/α,β-unsaturated/α-hetero) is 2. The van der Waals surface area contributed by atoms with Gasteiger partial charge >= 0.3 is 12.4 Å². The summed E-state index contributed by atoms with van der Waals surface area (Å²) in [5, 5.41) is 23.8. The molecule has 0 aliphatic carbocycles. The maximum Gasteiger partial charge on any atom is 0.419 e. The molecular weight excluding hydrogens is 1020 g/mol. The number of anilines is 4. The molecule has 5 aromatic rings. The van der Waals surface area contributed by atoms with Crippen molar-refractivity contribution >= 4 is 116 Å². The summed E-state index contributed by atoms with van der Waals surface area (Å²) in [5.41, 5.74) is -3.08. The van der Waals surface area contributed by atoms with Crippen molar-refractivity contribution in [2.45, 2.75) is 65.0 Å². The molecule has 4 N–H and O–H groups in total. The SMILES string of the molecule is CCc1c(NC(=O)C(N=Nc2cc(Cl)cc(C(=O)Nc3cccc(Cl)c3C(F)(F)F)c2)C(C)=O)ccc(NC(=O)C(N=Nc2cc(Cl)cc(C(=O)Nc3cccc(Cl)c3C(F)(F)F)c2)C(C)=O)c1CC. The van der Waals surface area contributed by atoms with Gasteiger partial charge in [-0.3, -0.25) is 28.8 Å². The van der Waals surface area contributed by atoms with E-state index in [9.17, 15) is 55.1 Å². The molecule has 4 amide bonds. The van der Waals surface area contributed by atoms with E-state index in [0.717, 1.165) is 62.4 Å². The molecular formula is C46H36Cl4F6N8O6. The fourth-order valence-corrected chi connectivity index (χ4v) is 7.79. The summed E-state index contributed by atoms with van der Waals surface area (Å²) in [6.45, 7) is 5.64. The molecule has 14 nitrogen and oxygen atoms in total. The Hall–Kier alpha value is -6.74. The number of halogens is 10. The Morgan fingerprint density at radius 2 is 0.871 bits per heavy atom. The predicted molar refractivity (Wildman–Crippen MR) is 252 cm³/mol. The van der Waals surface area contributed by atoms with Gasteiger partial charge in [0.2, 0.25) is 12.1 Å². The lowest BCUT2D eigenvalue weighted by atomic mass is 9.98. The van der Waals surface area contributed by atoms with Crippen LogP contribution in [0, 0.1) is 0 Å². The van der Waals surface area contributed by atoms with E-state index in [4.69, 9.17) is 46.4 Å². The highest BCUT2D eigenvalue weighted by atomic mass is 35.5. The van der Waals surface area contributed by atoms with Crippen molar-refractivity contribution in [1.82, 2.24) is 0 Å². The second-order valence-electron chi connectivity index (χ2n) is 14.9. The van der Waals surface area contributed by atoms with Crippen LogP contribution in [0.25, 0.3) is 0 Å². The smallest absolute Gasteiger partial charge is 0.323 e. The Morgan fingerprint density at radius 3 is 1.19 bits per heavy atom. The third kappa shape index (κ3) is 13.5. The average molecular weight is 1050 g/mol. The molecule has 24 heteroatoms. The maximum atomic E-state index is 13.7. The van der Waals surface area contributed by atoms with E-state index in [2.05, 4.69) is 41.7 Å². The standard InChI is InChI=1S/C46H36Cl4F6N8O6/c1-5-29-30(6-2)34(58-44(70)40(22(4)66)64-62-28-18-24(16-26(48)20-28)42(68)60-36-12-8-10-32(50)38(36)46(54,55)56)14-13-33(29)57-43(69)39(21(3)65)63-61-27-17-23(15-25(47)19-27)41(67)59-35-11-7-9-31(49)37(35)45(51,52)53/h7-20,39-40H,5-6H2,1-4H3,(H,57,69)(H,58,70)(H,59,67)(H,60,68). The number of amides is 4. The number of azo groups is 2. The van der Waals surface area contributed by atoms with E-state index in [0.29, 0.717) is 11.1 Å². The molecule has 0 bridgehead atoms. The van der Waals surface area contributed by atoms with Crippen molar-refractivity contribution in [2.75, 3.05) is 21.3 Å². The summed E-state index contributed by atoms with van der Waals surface area (Å²) >= 11 is 23.9. The molecule has 0 saturated carbocycles. The number of nitrogens with zero attached hydrogens (tertiary/aromatic N) is 4. The van der Waals surface area contributed by atoms with E-state index in [1.165, 1.54) is 36.4 Å². The molecule has 0 aliphatic rings. The largest absolute Gasteiger partial charge is 0.419 e. The molecule has 0 aliphatic heterocycles. The van der Waals surface area contributed by atoms with Crippen molar-refractivity contribution < 1.29 is 55.1 Å². The molecule has 0 saturated heterocycles. The van der Waals surface area contributed by atoms with E-state index in [-0.39, 0.29) is 56.8 Å². The maximum absolute atomic E-state index is 13.7.